The molecule has 0 saturated carbocycles. The summed E-state index contributed by atoms with van der Waals surface area (Å²) in [6, 6.07) is 13.2. The highest BCUT2D eigenvalue weighted by Crippen LogP contribution is 2.19. The van der Waals surface area contributed by atoms with E-state index in [2.05, 4.69) is 15.3 Å². The van der Waals surface area contributed by atoms with Gasteiger partial charge in [0.05, 0.1) is 12.2 Å². The first kappa shape index (κ1) is 25.3. The van der Waals surface area contributed by atoms with Crippen LogP contribution >= 0.6 is 12.4 Å². The van der Waals surface area contributed by atoms with E-state index in [1.165, 1.54) is 35.7 Å². The summed E-state index contributed by atoms with van der Waals surface area (Å²) < 4.78 is 33.3. The van der Waals surface area contributed by atoms with Crippen LogP contribution in [-0.4, -0.2) is 47.0 Å². The van der Waals surface area contributed by atoms with Crippen molar-refractivity contribution in [3.8, 4) is 11.3 Å². The van der Waals surface area contributed by atoms with Crippen molar-refractivity contribution in [3.05, 3.63) is 82.1 Å². The van der Waals surface area contributed by atoms with Crippen LogP contribution in [-0.2, 0) is 11.3 Å². The third-order valence-corrected chi connectivity index (χ3v) is 5.43. The Bertz CT molecular complexity index is 1200. The van der Waals surface area contributed by atoms with Gasteiger partial charge in [0, 0.05) is 23.9 Å². The SMILES string of the molecule is Cl.O=C(Nc1cccc(Cn2nc(-c3ccc(F)c(F)c3)ccc2=O)c1)OCCN1CCCC1. The van der Waals surface area contributed by atoms with E-state index in [9.17, 15) is 18.4 Å². The number of likely N-dealkylation sites (tertiary alicyclic amines) is 1. The Morgan fingerprint density at radius 1 is 1.03 bits per heavy atom. The van der Waals surface area contributed by atoms with Crippen molar-refractivity contribution in [1.29, 1.82) is 0 Å². The summed E-state index contributed by atoms with van der Waals surface area (Å²) >= 11 is 0. The molecule has 0 atom stereocenters. The van der Waals surface area contributed by atoms with Gasteiger partial charge in [0.15, 0.2) is 11.6 Å². The average molecular weight is 491 g/mol. The van der Waals surface area contributed by atoms with E-state index in [4.69, 9.17) is 4.74 Å². The number of halogens is 3. The Labute approximate surface area is 201 Å². The summed E-state index contributed by atoms with van der Waals surface area (Å²) in [6.45, 7) is 3.25. The molecule has 3 aromatic rings. The van der Waals surface area contributed by atoms with Gasteiger partial charge in [-0.2, -0.15) is 5.10 Å². The second-order valence-corrected chi connectivity index (χ2v) is 7.85. The van der Waals surface area contributed by atoms with Gasteiger partial charge >= 0.3 is 6.09 Å². The Balaban J connectivity index is 0.00000324. The van der Waals surface area contributed by atoms with Crippen LogP contribution in [0.2, 0.25) is 0 Å². The van der Waals surface area contributed by atoms with Crippen LogP contribution in [0.3, 0.4) is 0 Å². The first-order valence-electron chi connectivity index (χ1n) is 10.8. The van der Waals surface area contributed by atoms with E-state index < -0.39 is 17.7 Å². The van der Waals surface area contributed by atoms with Crippen molar-refractivity contribution < 1.29 is 18.3 Å². The van der Waals surface area contributed by atoms with Gasteiger partial charge in [0.2, 0.25) is 0 Å². The minimum Gasteiger partial charge on any atom is -0.448 e. The second-order valence-electron chi connectivity index (χ2n) is 7.85. The quantitative estimate of drug-likeness (QED) is 0.534. The normalized spacial score (nSPS) is 13.4. The highest BCUT2D eigenvalue weighted by molar-refractivity contribution is 5.85. The number of nitrogens with one attached hydrogen (secondary N) is 1. The van der Waals surface area contributed by atoms with Crippen LogP contribution in [0.15, 0.2) is 59.4 Å². The zero-order valence-electron chi connectivity index (χ0n) is 18.4. The lowest BCUT2D eigenvalue weighted by Gasteiger charge is -2.14. The smallest absolute Gasteiger partial charge is 0.411 e. The molecule has 1 aliphatic heterocycles. The summed E-state index contributed by atoms with van der Waals surface area (Å²) in [7, 11) is 0. The Hall–Kier alpha value is -3.30. The van der Waals surface area contributed by atoms with Crippen LogP contribution in [0.5, 0.6) is 0 Å². The molecule has 1 fully saturated rings. The molecule has 1 N–H and O–H groups in total. The molecular weight excluding hydrogens is 466 g/mol. The van der Waals surface area contributed by atoms with Gasteiger partial charge in [0.1, 0.15) is 6.61 Å². The summed E-state index contributed by atoms with van der Waals surface area (Å²) in [4.78, 5) is 26.6. The molecule has 10 heteroatoms. The molecule has 2 aromatic carbocycles. The fourth-order valence-electron chi connectivity index (χ4n) is 3.72. The number of rotatable bonds is 7. The van der Waals surface area contributed by atoms with Gasteiger partial charge in [-0.3, -0.25) is 15.0 Å². The maximum atomic E-state index is 13.6. The Kier molecular flexibility index (Phi) is 8.72. The lowest BCUT2D eigenvalue weighted by atomic mass is 10.1. The number of carbonyl (C=O) groups is 1. The van der Waals surface area contributed by atoms with Crippen molar-refractivity contribution >= 4 is 24.2 Å². The number of hydrogen-bond acceptors (Lipinski definition) is 5. The molecule has 0 unspecified atom stereocenters. The predicted molar refractivity (Wildman–Crippen MR) is 127 cm³/mol. The lowest BCUT2D eigenvalue weighted by molar-refractivity contribution is 0.146. The van der Waals surface area contributed by atoms with E-state index in [1.54, 1.807) is 24.3 Å². The molecule has 0 radical (unpaired) electrons. The zero-order valence-corrected chi connectivity index (χ0v) is 19.2. The largest absolute Gasteiger partial charge is 0.448 e. The highest BCUT2D eigenvalue weighted by Gasteiger charge is 2.12. The number of carbonyl (C=O) groups excluding carboxylic acids is 1. The minimum absolute atomic E-state index is 0. The molecule has 1 amide bonds. The van der Waals surface area contributed by atoms with E-state index in [0.717, 1.165) is 37.3 Å². The lowest BCUT2D eigenvalue weighted by Crippen LogP contribution is -2.26. The van der Waals surface area contributed by atoms with Crippen LogP contribution < -0.4 is 10.9 Å². The molecule has 7 nitrogen and oxygen atoms in total. The number of ether oxygens (including phenoxy) is 1. The highest BCUT2D eigenvalue weighted by atomic mass is 35.5. The van der Waals surface area contributed by atoms with Gasteiger partial charge in [-0.25, -0.2) is 18.3 Å². The van der Waals surface area contributed by atoms with Gasteiger partial charge in [0.25, 0.3) is 5.56 Å². The molecule has 0 aliphatic carbocycles. The van der Waals surface area contributed by atoms with Gasteiger partial charge < -0.3 is 4.74 Å². The number of hydrogen-bond donors (Lipinski definition) is 1. The molecule has 1 aromatic heterocycles. The monoisotopic (exact) mass is 490 g/mol. The molecule has 1 saturated heterocycles. The standard InChI is InChI=1S/C24H24F2N4O3.ClH/c25-20-7-6-18(15-21(20)26)22-8-9-23(31)30(28-22)16-17-4-3-5-19(14-17)27-24(32)33-13-12-29-10-1-2-11-29;/h3-9,14-15H,1-2,10-13,16H2,(H,27,32);1H. The molecule has 0 bridgehead atoms. The third kappa shape index (κ3) is 6.61. The number of aromatic nitrogens is 2. The summed E-state index contributed by atoms with van der Waals surface area (Å²) in [5.41, 5.74) is 1.60. The van der Waals surface area contributed by atoms with Crippen molar-refractivity contribution in [3.63, 3.8) is 0 Å². The van der Waals surface area contributed by atoms with Crippen LogP contribution in [0.25, 0.3) is 11.3 Å². The number of benzene rings is 2. The molecule has 2 heterocycles. The maximum absolute atomic E-state index is 13.6. The Morgan fingerprint density at radius 2 is 1.82 bits per heavy atom. The van der Waals surface area contributed by atoms with E-state index in [-0.39, 0.29) is 24.5 Å². The number of nitrogens with zero attached hydrogens (tertiary/aromatic N) is 3. The van der Waals surface area contributed by atoms with Gasteiger partial charge in [-0.1, -0.05) is 12.1 Å². The van der Waals surface area contributed by atoms with Crippen molar-refractivity contribution in [2.75, 3.05) is 31.6 Å². The Morgan fingerprint density at radius 3 is 2.59 bits per heavy atom. The molecular formula is C24H25ClF2N4O3. The topological polar surface area (TPSA) is 76.5 Å². The fraction of sp³-hybridized carbons (Fsp3) is 0.292. The van der Waals surface area contributed by atoms with Gasteiger partial charge in [-0.05, 0) is 67.9 Å². The van der Waals surface area contributed by atoms with Crippen LogP contribution in [0.1, 0.15) is 18.4 Å². The number of amides is 1. The second kappa shape index (κ2) is 11.7. The van der Waals surface area contributed by atoms with E-state index >= 15 is 0 Å². The number of anilines is 1. The molecule has 34 heavy (non-hydrogen) atoms. The minimum atomic E-state index is -0.988. The summed E-state index contributed by atoms with van der Waals surface area (Å²) in [5, 5.41) is 6.97. The first-order valence-corrected chi connectivity index (χ1v) is 10.8. The molecule has 4 rings (SSSR count). The predicted octanol–water partition coefficient (Wildman–Crippen LogP) is 4.30. The van der Waals surface area contributed by atoms with E-state index in [1.807, 2.05) is 0 Å². The maximum Gasteiger partial charge on any atom is 0.411 e. The van der Waals surface area contributed by atoms with Crippen molar-refractivity contribution in [2.24, 2.45) is 0 Å². The molecule has 0 spiro atoms. The molecule has 180 valence electrons. The van der Waals surface area contributed by atoms with Crippen LogP contribution in [0.4, 0.5) is 19.3 Å². The summed E-state index contributed by atoms with van der Waals surface area (Å²) in [5.74, 6) is -1.94. The third-order valence-electron chi connectivity index (χ3n) is 5.43. The summed E-state index contributed by atoms with van der Waals surface area (Å²) in [6.07, 6.45) is 1.82. The van der Waals surface area contributed by atoms with Gasteiger partial charge in [-0.15, -0.1) is 12.4 Å². The zero-order chi connectivity index (χ0) is 23.2. The first-order chi connectivity index (χ1) is 16.0. The average Bonchev–Trinajstić information content (AvgIpc) is 3.31. The van der Waals surface area contributed by atoms with Crippen molar-refractivity contribution in [2.45, 2.75) is 19.4 Å². The fourth-order valence-corrected chi connectivity index (χ4v) is 3.72. The van der Waals surface area contributed by atoms with Crippen molar-refractivity contribution in [1.82, 2.24) is 14.7 Å². The molecule has 1 aliphatic rings. The van der Waals surface area contributed by atoms with E-state index in [0.29, 0.717) is 23.6 Å². The van der Waals surface area contributed by atoms with Crippen LogP contribution in [0, 0.1) is 11.6 Å².